The lowest BCUT2D eigenvalue weighted by molar-refractivity contribution is 0.0683. The van der Waals surface area contributed by atoms with Crippen LogP contribution in [0.25, 0.3) is 0 Å². The first kappa shape index (κ1) is 11.7. The van der Waals surface area contributed by atoms with Crippen LogP contribution in [0.4, 0.5) is 0 Å². The van der Waals surface area contributed by atoms with Crippen LogP contribution >= 0.6 is 0 Å². The maximum Gasteiger partial charge on any atom is 0.259 e. The molecular formula is C9H14N2O4. The minimum Gasteiger partial charge on any atom is -0.395 e. The van der Waals surface area contributed by atoms with Crippen LogP contribution in [0.1, 0.15) is 16.1 Å². The highest BCUT2D eigenvalue weighted by Gasteiger charge is 2.19. The predicted molar refractivity (Wildman–Crippen MR) is 51.3 cm³/mol. The van der Waals surface area contributed by atoms with Gasteiger partial charge in [0, 0.05) is 13.1 Å². The van der Waals surface area contributed by atoms with E-state index in [1.165, 1.54) is 11.1 Å². The highest BCUT2D eigenvalue weighted by Crippen LogP contribution is 2.09. The normalized spacial score (nSPS) is 10.3. The number of hydrogen-bond acceptors (Lipinski definition) is 5. The number of aryl methyl sites for hydroxylation is 1. The molecule has 0 bridgehead atoms. The third kappa shape index (κ3) is 2.77. The Morgan fingerprint density at radius 1 is 1.47 bits per heavy atom. The second-order valence-corrected chi connectivity index (χ2v) is 3.04. The lowest BCUT2D eigenvalue weighted by Gasteiger charge is -2.19. The summed E-state index contributed by atoms with van der Waals surface area (Å²) in [7, 11) is 0. The molecule has 1 heterocycles. The summed E-state index contributed by atoms with van der Waals surface area (Å²) < 4.78 is 4.77. The van der Waals surface area contributed by atoms with Crippen LogP contribution < -0.4 is 0 Å². The van der Waals surface area contributed by atoms with Crippen molar-refractivity contribution in [2.75, 3.05) is 26.3 Å². The van der Waals surface area contributed by atoms with Crippen LogP contribution in [0, 0.1) is 6.92 Å². The average Bonchev–Trinajstić information content (AvgIpc) is 2.63. The predicted octanol–water partition coefficient (Wildman–Crippen LogP) is -0.590. The fourth-order valence-corrected chi connectivity index (χ4v) is 1.23. The Hall–Kier alpha value is -1.40. The molecule has 2 N–H and O–H groups in total. The Kier molecular flexibility index (Phi) is 4.26. The molecule has 0 aliphatic rings. The summed E-state index contributed by atoms with van der Waals surface area (Å²) in [4.78, 5) is 13.2. The monoisotopic (exact) mass is 214 g/mol. The van der Waals surface area contributed by atoms with E-state index in [4.69, 9.17) is 14.7 Å². The molecule has 1 aromatic heterocycles. The van der Waals surface area contributed by atoms with Gasteiger partial charge in [0.05, 0.1) is 19.4 Å². The van der Waals surface area contributed by atoms with E-state index >= 15 is 0 Å². The van der Waals surface area contributed by atoms with Crippen LogP contribution in [0.5, 0.6) is 0 Å². The zero-order valence-electron chi connectivity index (χ0n) is 8.51. The van der Waals surface area contributed by atoms with Gasteiger partial charge in [-0.05, 0) is 6.92 Å². The molecule has 1 rings (SSSR count). The lowest BCUT2D eigenvalue weighted by atomic mass is 10.2. The van der Waals surface area contributed by atoms with Crippen LogP contribution in [0.15, 0.2) is 10.7 Å². The molecule has 15 heavy (non-hydrogen) atoms. The van der Waals surface area contributed by atoms with Crippen molar-refractivity contribution in [3.63, 3.8) is 0 Å². The summed E-state index contributed by atoms with van der Waals surface area (Å²) in [5.74, 6) is 0.137. The van der Waals surface area contributed by atoms with Gasteiger partial charge in [-0.2, -0.15) is 0 Å². The summed E-state index contributed by atoms with van der Waals surface area (Å²) in [6.45, 7) is 1.72. The second-order valence-electron chi connectivity index (χ2n) is 3.04. The van der Waals surface area contributed by atoms with E-state index in [1.54, 1.807) is 6.92 Å². The van der Waals surface area contributed by atoms with Crippen LogP contribution in [0.3, 0.4) is 0 Å². The standard InChI is InChI=1S/C9H14N2O4/c1-7-8(6-10-15-7)9(14)11(2-4-12)3-5-13/h6,12-13H,2-5H2,1H3. The fraction of sp³-hybridized carbons (Fsp3) is 0.556. The van der Waals surface area contributed by atoms with E-state index in [9.17, 15) is 4.79 Å². The largest absolute Gasteiger partial charge is 0.395 e. The minimum absolute atomic E-state index is 0.143. The molecule has 1 aromatic rings. The highest BCUT2D eigenvalue weighted by atomic mass is 16.5. The van der Waals surface area contributed by atoms with Gasteiger partial charge in [0.1, 0.15) is 11.3 Å². The van der Waals surface area contributed by atoms with Crippen molar-refractivity contribution in [3.05, 3.63) is 17.5 Å². The average molecular weight is 214 g/mol. The van der Waals surface area contributed by atoms with Gasteiger partial charge in [-0.15, -0.1) is 0 Å². The topological polar surface area (TPSA) is 86.8 Å². The first-order chi connectivity index (χ1) is 7.20. The zero-order valence-corrected chi connectivity index (χ0v) is 8.51. The minimum atomic E-state index is -0.295. The Bertz CT molecular complexity index is 318. The van der Waals surface area contributed by atoms with Crippen LogP contribution in [-0.4, -0.2) is 52.5 Å². The number of nitrogens with zero attached hydrogens (tertiary/aromatic N) is 2. The third-order valence-corrected chi connectivity index (χ3v) is 2.01. The molecule has 84 valence electrons. The maximum atomic E-state index is 11.8. The van der Waals surface area contributed by atoms with Gasteiger partial charge in [0.15, 0.2) is 0 Å². The van der Waals surface area contributed by atoms with Gasteiger partial charge < -0.3 is 19.6 Å². The second kappa shape index (κ2) is 5.47. The van der Waals surface area contributed by atoms with Crippen LogP contribution in [-0.2, 0) is 0 Å². The summed E-state index contributed by atoms with van der Waals surface area (Å²) in [6.07, 6.45) is 1.33. The number of aromatic nitrogens is 1. The van der Waals surface area contributed by atoms with Crippen molar-refractivity contribution in [2.45, 2.75) is 6.92 Å². The van der Waals surface area contributed by atoms with Gasteiger partial charge in [-0.3, -0.25) is 4.79 Å². The van der Waals surface area contributed by atoms with Gasteiger partial charge in [0.25, 0.3) is 5.91 Å². The Morgan fingerprint density at radius 3 is 2.47 bits per heavy atom. The molecule has 0 aromatic carbocycles. The van der Waals surface area contributed by atoms with Crippen molar-refractivity contribution >= 4 is 5.91 Å². The quantitative estimate of drug-likeness (QED) is 0.684. The molecular weight excluding hydrogens is 200 g/mol. The van der Waals surface area contributed by atoms with E-state index in [2.05, 4.69) is 5.16 Å². The summed E-state index contributed by atoms with van der Waals surface area (Å²) in [5.41, 5.74) is 0.358. The molecule has 0 saturated carbocycles. The van der Waals surface area contributed by atoms with E-state index in [0.29, 0.717) is 11.3 Å². The Labute approximate surface area is 87.1 Å². The Balaban J connectivity index is 2.76. The number of amides is 1. The molecule has 0 fully saturated rings. The number of aliphatic hydroxyl groups is 2. The molecule has 0 atom stereocenters. The fourth-order valence-electron chi connectivity index (χ4n) is 1.23. The molecule has 0 radical (unpaired) electrons. The summed E-state index contributed by atoms with van der Waals surface area (Å²) in [6, 6.07) is 0. The first-order valence-corrected chi connectivity index (χ1v) is 4.63. The number of hydrogen-bond donors (Lipinski definition) is 2. The number of carbonyl (C=O) groups is 1. The van der Waals surface area contributed by atoms with Gasteiger partial charge in [-0.25, -0.2) is 0 Å². The smallest absolute Gasteiger partial charge is 0.259 e. The summed E-state index contributed by atoms with van der Waals surface area (Å²) >= 11 is 0. The number of carbonyl (C=O) groups excluding carboxylic acids is 1. The van der Waals surface area contributed by atoms with E-state index < -0.39 is 0 Å². The molecule has 1 amide bonds. The van der Waals surface area contributed by atoms with E-state index in [-0.39, 0.29) is 32.2 Å². The number of rotatable bonds is 5. The molecule has 0 aliphatic carbocycles. The first-order valence-electron chi connectivity index (χ1n) is 4.63. The van der Waals surface area contributed by atoms with Crippen molar-refractivity contribution in [1.29, 1.82) is 0 Å². The third-order valence-electron chi connectivity index (χ3n) is 2.01. The van der Waals surface area contributed by atoms with E-state index in [1.807, 2.05) is 0 Å². The van der Waals surface area contributed by atoms with Gasteiger partial charge in [-0.1, -0.05) is 5.16 Å². The van der Waals surface area contributed by atoms with Crippen molar-refractivity contribution in [2.24, 2.45) is 0 Å². The molecule has 0 spiro atoms. The maximum absolute atomic E-state index is 11.8. The molecule has 6 nitrogen and oxygen atoms in total. The lowest BCUT2D eigenvalue weighted by Crippen LogP contribution is -2.35. The summed E-state index contributed by atoms with van der Waals surface area (Å²) in [5, 5.41) is 21.0. The molecule has 0 aliphatic heterocycles. The Morgan fingerprint density at radius 2 is 2.07 bits per heavy atom. The van der Waals surface area contributed by atoms with Gasteiger partial charge in [0.2, 0.25) is 0 Å². The molecule has 0 saturated heterocycles. The van der Waals surface area contributed by atoms with Crippen LogP contribution in [0.2, 0.25) is 0 Å². The van der Waals surface area contributed by atoms with Crippen molar-refractivity contribution in [3.8, 4) is 0 Å². The number of aliphatic hydroxyl groups excluding tert-OH is 2. The van der Waals surface area contributed by atoms with Crippen molar-refractivity contribution < 1.29 is 19.5 Å². The molecule has 6 heteroatoms. The molecule has 0 unspecified atom stereocenters. The van der Waals surface area contributed by atoms with Crippen molar-refractivity contribution in [1.82, 2.24) is 10.1 Å². The van der Waals surface area contributed by atoms with Gasteiger partial charge >= 0.3 is 0 Å². The SMILES string of the molecule is Cc1oncc1C(=O)N(CCO)CCO. The highest BCUT2D eigenvalue weighted by molar-refractivity contribution is 5.94. The van der Waals surface area contributed by atoms with E-state index in [0.717, 1.165) is 0 Å². The zero-order chi connectivity index (χ0) is 11.3.